The Hall–Kier alpha value is -5.32. The first-order valence-electron chi connectivity index (χ1n) is 15.6. The number of aromatic nitrogens is 4. The molecule has 9 rings (SSSR count). The van der Waals surface area contributed by atoms with E-state index in [0.717, 1.165) is 43.3 Å². The van der Waals surface area contributed by atoms with E-state index in [1.54, 1.807) is 25.3 Å². The Morgan fingerprint density at radius 2 is 1.76 bits per heavy atom. The molecular formula is C35H33FN8O2. The number of nitrogen functional groups attached to an aromatic ring is 1. The zero-order chi connectivity index (χ0) is 31.6. The maximum absolute atomic E-state index is 16.4. The first kappa shape index (κ1) is 28.2. The Balaban J connectivity index is 1.23. The number of pyridine rings is 2. The minimum atomic E-state index is -0.346. The van der Waals surface area contributed by atoms with Crippen molar-refractivity contribution in [2.24, 2.45) is 0 Å². The molecule has 4 aliphatic rings. The van der Waals surface area contributed by atoms with Gasteiger partial charge in [0.05, 0.1) is 22.5 Å². The summed E-state index contributed by atoms with van der Waals surface area (Å²) in [5.41, 5.74) is 11.1. The smallest absolute Gasteiger partial charge is 0.219 e. The SMILES string of the molecule is CC(=O)N1CC2CC(C1)N2c1cccc(-c2ccc3nc(-c4cccnc4N)n(-c4ccc(C5(NC=O)CCC5)cc4)c3n2)c1F. The molecule has 1 aliphatic carbocycles. The lowest BCUT2D eigenvalue weighted by atomic mass is 9.72. The molecule has 10 nitrogen and oxygen atoms in total. The lowest BCUT2D eigenvalue weighted by Crippen LogP contribution is -2.69. The summed E-state index contributed by atoms with van der Waals surface area (Å²) in [7, 11) is 0. The number of piperazine rings is 1. The monoisotopic (exact) mass is 616 g/mol. The maximum Gasteiger partial charge on any atom is 0.219 e. The number of hydrogen-bond acceptors (Lipinski definition) is 7. The van der Waals surface area contributed by atoms with Gasteiger partial charge in [0, 0.05) is 49.5 Å². The van der Waals surface area contributed by atoms with Crippen LogP contribution in [0.15, 0.2) is 72.9 Å². The van der Waals surface area contributed by atoms with Gasteiger partial charge in [-0.15, -0.1) is 0 Å². The first-order valence-corrected chi connectivity index (χ1v) is 15.6. The number of nitrogens with zero attached hydrogens (tertiary/aromatic N) is 6. The lowest BCUT2D eigenvalue weighted by Gasteiger charge is -2.57. The normalized spacial score (nSPS) is 19.8. The zero-order valence-electron chi connectivity index (χ0n) is 25.4. The van der Waals surface area contributed by atoms with Crippen molar-refractivity contribution >= 4 is 35.0 Å². The molecule has 2 atom stereocenters. The van der Waals surface area contributed by atoms with Crippen LogP contribution in [-0.2, 0) is 15.1 Å². The second kappa shape index (κ2) is 10.6. The van der Waals surface area contributed by atoms with Crippen LogP contribution >= 0.6 is 0 Å². The van der Waals surface area contributed by atoms with Crippen LogP contribution in [0.1, 0.15) is 38.2 Å². The number of anilines is 2. The predicted octanol–water partition coefficient (Wildman–Crippen LogP) is 4.81. The molecule has 3 aliphatic heterocycles. The molecule has 6 heterocycles. The highest BCUT2D eigenvalue weighted by Crippen LogP contribution is 2.43. The molecule has 3 aromatic heterocycles. The van der Waals surface area contributed by atoms with Gasteiger partial charge in [-0.1, -0.05) is 18.2 Å². The first-order chi connectivity index (χ1) is 22.4. The molecule has 2 bridgehead atoms. The van der Waals surface area contributed by atoms with Crippen molar-refractivity contribution in [3.8, 4) is 28.3 Å². The Morgan fingerprint density at radius 3 is 2.43 bits per heavy atom. The number of carbonyl (C=O) groups excluding carboxylic acids is 2. The Labute approximate surface area is 265 Å². The number of halogens is 1. The molecule has 232 valence electrons. The van der Waals surface area contributed by atoms with E-state index in [2.05, 4.69) is 15.2 Å². The zero-order valence-corrected chi connectivity index (χ0v) is 25.4. The van der Waals surface area contributed by atoms with Crippen molar-refractivity contribution < 1.29 is 14.0 Å². The molecule has 4 fully saturated rings. The standard InChI is InChI=1S/C35H33FN8O2/c1-21(46)42-18-24-17-25(19-42)43(24)30-7-2-5-26(31(30)36)28-12-13-29-34(40-28)44(33(41-29)27-6-3-16-38-32(27)37)23-10-8-22(9-11-23)35(39-20-45)14-4-15-35/h2-3,5-13,16,20,24-25H,4,14-15,17-19H2,1H3,(H2,37,38)(H,39,45). The third-order valence-electron chi connectivity index (χ3n) is 9.98. The highest BCUT2D eigenvalue weighted by atomic mass is 19.1. The summed E-state index contributed by atoms with van der Waals surface area (Å²) >= 11 is 0. The van der Waals surface area contributed by atoms with Crippen LogP contribution in [0.4, 0.5) is 15.9 Å². The van der Waals surface area contributed by atoms with Crippen LogP contribution in [0.25, 0.3) is 39.5 Å². The average Bonchev–Trinajstić information content (AvgIpc) is 3.42. The molecule has 1 saturated carbocycles. The van der Waals surface area contributed by atoms with Gasteiger partial charge in [0.1, 0.15) is 11.3 Å². The summed E-state index contributed by atoms with van der Waals surface area (Å²) in [6.07, 6.45) is 6.19. The number of nitrogens with one attached hydrogen (secondary N) is 1. The van der Waals surface area contributed by atoms with E-state index in [4.69, 9.17) is 15.7 Å². The molecule has 11 heteroatoms. The van der Waals surface area contributed by atoms with Gasteiger partial charge in [0.25, 0.3) is 0 Å². The summed E-state index contributed by atoms with van der Waals surface area (Å²) in [5, 5.41) is 3.02. The minimum absolute atomic E-state index is 0.0555. The number of carbonyl (C=O) groups is 2. The number of fused-ring (bicyclic) bond motifs is 3. The number of piperidine rings is 1. The van der Waals surface area contributed by atoms with Crippen LogP contribution in [0, 0.1) is 5.82 Å². The van der Waals surface area contributed by atoms with E-state index in [9.17, 15) is 9.59 Å². The molecule has 0 radical (unpaired) electrons. The summed E-state index contributed by atoms with van der Waals surface area (Å²) in [5.74, 6) is 0.627. The van der Waals surface area contributed by atoms with Crippen molar-refractivity contribution in [1.29, 1.82) is 0 Å². The summed E-state index contributed by atoms with van der Waals surface area (Å²) < 4.78 is 18.3. The maximum atomic E-state index is 16.4. The second-order valence-corrected chi connectivity index (χ2v) is 12.5. The van der Waals surface area contributed by atoms with Gasteiger partial charge in [-0.25, -0.2) is 19.3 Å². The molecule has 46 heavy (non-hydrogen) atoms. The van der Waals surface area contributed by atoms with Crippen LogP contribution in [0.2, 0.25) is 0 Å². The van der Waals surface area contributed by atoms with E-state index < -0.39 is 0 Å². The highest BCUT2D eigenvalue weighted by Gasteiger charge is 2.46. The van der Waals surface area contributed by atoms with Crippen molar-refractivity contribution in [2.75, 3.05) is 23.7 Å². The fraction of sp³-hybridized carbons (Fsp3) is 0.286. The molecule has 2 amide bonds. The average molecular weight is 617 g/mol. The Bertz CT molecular complexity index is 1990. The molecule has 0 spiro atoms. The highest BCUT2D eigenvalue weighted by molar-refractivity contribution is 5.85. The van der Waals surface area contributed by atoms with E-state index in [1.165, 1.54) is 0 Å². The molecule has 2 unspecified atom stereocenters. The lowest BCUT2D eigenvalue weighted by molar-refractivity contribution is -0.131. The number of nitrogens with two attached hydrogens (primary N) is 1. The molecule has 5 aromatic rings. The third-order valence-corrected chi connectivity index (χ3v) is 9.98. The number of benzene rings is 2. The number of imidazole rings is 1. The van der Waals surface area contributed by atoms with Gasteiger partial charge in [0.2, 0.25) is 12.3 Å². The van der Waals surface area contributed by atoms with Crippen LogP contribution < -0.4 is 16.0 Å². The van der Waals surface area contributed by atoms with E-state index in [0.29, 0.717) is 58.4 Å². The molecular weight excluding hydrogens is 583 g/mol. The fourth-order valence-corrected chi connectivity index (χ4v) is 7.41. The minimum Gasteiger partial charge on any atom is -0.383 e. The van der Waals surface area contributed by atoms with E-state index in [-0.39, 0.29) is 29.3 Å². The second-order valence-electron chi connectivity index (χ2n) is 12.5. The number of rotatable bonds is 7. The van der Waals surface area contributed by atoms with Crippen molar-refractivity contribution in [3.63, 3.8) is 0 Å². The third kappa shape index (κ3) is 4.33. The summed E-state index contributed by atoms with van der Waals surface area (Å²) in [4.78, 5) is 41.5. The molecule has 3 saturated heterocycles. The van der Waals surface area contributed by atoms with Crippen LogP contribution in [-0.4, -0.2) is 61.9 Å². The Morgan fingerprint density at radius 1 is 1.00 bits per heavy atom. The van der Waals surface area contributed by atoms with E-state index in [1.807, 2.05) is 64.1 Å². The quantitative estimate of drug-likeness (QED) is 0.252. The number of hydrogen-bond donors (Lipinski definition) is 2. The largest absolute Gasteiger partial charge is 0.383 e. The van der Waals surface area contributed by atoms with Crippen LogP contribution in [0.5, 0.6) is 0 Å². The van der Waals surface area contributed by atoms with Crippen molar-refractivity contribution in [1.82, 2.24) is 29.7 Å². The summed E-state index contributed by atoms with van der Waals surface area (Å²) in [6, 6.07) is 21.0. The van der Waals surface area contributed by atoms with E-state index >= 15 is 4.39 Å². The Kier molecular flexibility index (Phi) is 6.52. The molecule has 3 N–H and O–H groups in total. The van der Waals surface area contributed by atoms with Gasteiger partial charge in [0.15, 0.2) is 17.3 Å². The van der Waals surface area contributed by atoms with Gasteiger partial charge in [-0.05, 0) is 79.8 Å². The van der Waals surface area contributed by atoms with Gasteiger partial charge in [-0.2, -0.15) is 0 Å². The number of amides is 2. The topological polar surface area (TPSA) is 122 Å². The van der Waals surface area contributed by atoms with Gasteiger partial charge in [-0.3, -0.25) is 14.2 Å². The fourth-order valence-electron chi connectivity index (χ4n) is 7.41. The van der Waals surface area contributed by atoms with Crippen molar-refractivity contribution in [3.05, 3.63) is 84.3 Å². The molecule has 2 aromatic carbocycles. The van der Waals surface area contributed by atoms with Gasteiger partial charge < -0.3 is 20.9 Å². The van der Waals surface area contributed by atoms with Gasteiger partial charge >= 0.3 is 0 Å². The predicted molar refractivity (Wildman–Crippen MR) is 174 cm³/mol. The van der Waals surface area contributed by atoms with Crippen LogP contribution in [0.3, 0.4) is 0 Å². The summed E-state index contributed by atoms with van der Waals surface area (Å²) in [6.45, 7) is 2.79. The van der Waals surface area contributed by atoms with Crippen molar-refractivity contribution in [2.45, 2.75) is 50.2 Å².